The maximum atomic E-state index is 11.1. The van der Waals surface area contributed by atoms with Gasteiger partial charge < -0.3 is 10.6 Å². The van der Waals surface area contributed by atoms with E-state index in [1.165, 1.54) is 11.4 Å². The molecular formula is C12H16N4OS. The zero-order chi connectivity index (χ0) is 12.7. The van der Waals surface area contributed by atoms with Crippen molar-refractivity contribution < 1.29 is 4.79 Å². The van der Waals surface area contributed by atoms with Crippen molar-refractivity contribution in [1.82, 2.24) is 20.0 Å². The third-order valence-corrected chi connectivity index (χ3v) is 4.31. The van der Waals surface area contributed by atoms with Gasteiger partial charge in [-0.05, 0) is 13.8 Å². The zero-order valence-electron chi connectivity index (χ0n) is 10.5. The van der Waals surface area contributed by atoms with Gasteiger partial charge in [-0.1, -0.05) is 0 Å². The van der Waals surface area contributed by atoms with E-state index >= 15 is 0 Å². The fraction of sp³-hybridized carbons (Fsp3) is 0.500. The van der Waals surface area contributed by atoms with Gasteiger partial charge in [0.15, 0.2) is 4.96 Å². The molecule has 1 aliphatic heterocycles. The van der Waals surface area contributed by atoms with Crippen LogP contribution < -0.4 is 10.6 Å². The summed E-state index contributed by atoms with van der Waals surface area (Å²) in [4.78, 5) is 16.7. The van der Waals surface area contributed by atoms with E-state index in [2.05, 4.69) is 32.3 Å². The standard InChI is InChI=1S/C12H16N4OS/c1-7-6-18-12-15-8(2)10(16(7)12)5-13-9-3-11(17)14-4-9/h6,9,13H,3-5H2,1-2H3,(H,14,17). The van der Waals surface area contributed by atoms with E-state index < -0.39 is 0 Å². The first kappa shape index (κ1) is 11.7. The molecular weight excluding hydrogens is 248 g/mol. The second-order valence-corrected chi connectivity index (χ2v) is 5.56. The number of fused-ring (bicyclic) bond motifs is 1. The number of hydrogen-bond donors (Lipinski definition) is 2. The first-order chi connectivity index (χ1) is 8.65. The van der Waals surface area contributed by atoms with E-state index in [0.717, 1.165) is 23.7 Å². The van der Waals surface area contributed by atoms with Gasteiger partial charge >= 0.3 is 0 Å². The highest BCUT2D eigenvalue weighted by atomic mass is 32.1. The molecule has 0 bridgehead atoms. The Morgan fingerprint density at radius 2 is 2.44 bits per heavy atom. The van der Waals surface area contributed by atoms with E-state index in [1.807, 2.05) is 6.92 Å². The molecule has 1 fully saturated rings. The normalized spacial score (nSPS) is 19.7. The molecule has 0 radical (unpaired) electrons. The highest BCUT2D eigenvalue weighted by Crippen LogP contribution is 2.20. The molecule has 0 aromatic carbocycles. The molecule has 3 heterocycles. The fourth-order valence-corrected chi connectivity index (χ4v) is 3.30. The molecule has 1 unspecified atom stereocenters. The first-order valence-electron chi connectivity index (χ1n) is 6.07. The summed E-state index contributed by atoms with van der Waals surface area (Å²) >= 11 is 1.67. The molecule has 2 N–H and O–H groups in total. The van der Waals surface area contributed by atoms with Crippen LogP contribution in [0.3, 0.4) is 0 Å². The first-order valence-corrected chi connectivity index (χ1v) is 6.95. The quantitative estimate of drug-likeness (QED) is 0.869. The van der Waals surface area contributed by atoms with Crippen molar-refractivity contribution in [3.8, 4) is 0 Å². The maximum Gasteiger partial charge on any atom is 0.221 e. The lowest BCUT2D eigenvalue weighted by Crippen LogP contribution is -2.31. The molecule has 18 heavy (non-hydrogen) atoms. The number of nitrogens with zero attached hydrogens (tertiary/aromatic N) is 2. The van der Waals surface area contributed by atoms with Gasteiger partial charge in [0.25, 0.3) is 0 Å². The van der Waals surface area contributed by atoms with Gasteiger partial charge in [0.1, 0.15) is 0 Å². The second-order valence-electron chi connectivity index (χ2n) is 4.73. The van der Waals surface area contributed by atoms with Gasteiger partial charge in [0.2, 0.25) is 5.91 Å². The lowest BCUT2D eigenvalue weighted by Gasteiger charge is -2.10. The largest absolute Gasteiger partial charge is 0.354 e. The van der Waals surface area contributed by atoms with Crippen LogP contribution in [0.25, 0.3) is 4.96 Å². The van der Waals surface area contributed by atoms with Crippen LogP contribution in [0.1, 0.15) is 23.5 Å². The van der Waals surface area contributed by atoms with Crippen molar-refractivity contribution in [2.75, 3.05) is 6.54 Å². The van der Waals surface area contributed by atoms with Gasteiger partial charge in [-0.15, -0.1) is 11.3 Å². The molecule has 1 saturated heterocycles. The van der Waals surface area contributed by atoms with Crippen molar-refractivity contribution in [2.24, 2.45) is 0 Å². The molecule has 0 aliphatic carbocycles. The predicted molar refractivity (Wildman–Crippen MR) is 70.8 cm³/mol. The van der Waals surface area contributed by atoms with E-state index in [1.54, 1.807) is 11.3 Å². The van der Waals surface area contributed by atoms with Gasteiger partial charge in [0.05, 0.1) is 11.4 Å². The summed E-state index contributed by atoms with van der Waals surface area (Å²) in [6.45, 7) is 5.61. The minimum atomic E-state index is 0.134. The van der Waals surface area contributed by atoms with Crippen LogP contribution in [0.2, 0.25) is 0 Å². The number of amides is 1. The van der Waals surface area contributed by atoms with Crippen LogP contribution in [0.15, 0.2) is 5.38 Å². The highest BCUT2D eigenvalue weighted by molar-refractivity contribution is 7.15. The van der Waals surface area contributed by atoms with Crippen molar-refractivity contribution in [2.45, 2.75) is 32.9 Å². The number of thiazole rings is 1. The second kappa shape index (κ2) is 4.37. The number of aryl methyl sites for hydroxylation is 2. The minimum absolute atomic E-state index is 0.134. The number of carbonyl (C=O) groups is 1. The minimum Gasteiger partial charge on any atom is -0.354 e. The molecule has 0 spiro atoms. The molecule has 1 atom stereocenters. The summed E-state index contributed by atoms with van der Waals surface area (Å²) in [6, 6.07) is 0.237. The monoisotopic (exact) mass is 264 g/mol. The van der Waals surface area contributed by atoms with E-state index in [0.29, 0.717) is 6.42 Å². The Labute approximate surface area is 109 Å². The fourth-order valence-electron chi connectivity index (χ4n) is 2.37. The molecule has 0 saturated carbocycles. The van der Waals surface area contributed by atoms with E-state index in [-0.39, 0.29) is 11.9 Å². The molecule has 96 valence electrons. The van der Waals surface area contributed by atoms with Crippen molar-refractivity contribution in [3.05, 3.63) is 22.5 Å². The third-order valence-electron chi connectivity index (χ3n) is 3.37. The molecule has 2 aromatic heterocycles. The summed E-state index contributed by atoms with van der Waals surface area (Å²) in [6.07, 6.45) is 0.573. The number of rotatable bonds is 3. The smallest absolute Gasteiger partial charge is 0.221 e. The zero-order valence-corrected chi connectivity index (χ0v) is 11.3. The number of aromatic nitrogens is 2. The van der Waals surface area contributed by atoms with Crippen molar-refractivity contribution >= 4 is 22.2 Å². The Bertz CT molecular complexity index is 601. The lowest BCUT2D eigenvalue weighted by atomic mass is 10.2. The summed E-state index contributed by atoms with van der Waals surface area (Å²) < 4.78 is 2.19. The van der Waals surface area contributed by atoms with Crippen LogP contribution in [0.4, 0.5) is 0 Å². The number of imidazole rings is 1. The van der Waals surface area contributed by atoms with Gasteiger partial charge in [-0.2, -0.15) is 0 Å². The van der Waals surface area contributed by atoms with Gasteiger partial charge in [-0.3, -0.25) is 9.20 Å². The van der Waals surface area contributed by atoms with Crippen LogP contribution >= 0.6 is 11.3 Å². The summed E-state index contributed by atoms with van der Waals surface area (Å²) in [7, 11) is 0. The average Bonchev–Trinajstić information content (AvgIpc) is 2.96. The van der Waals surface area contributed by atoms with Crippen LogP contribution in [0, 0.1) is 13.8 Å². The Morgan fingerprint density at radius 1 is 1.61 bits per heavy atom. The van der Waals surface area contributed by atoms with E-state index in [4.69, 9.17) is 0 Å². The molecule has 1 aliphatic rings. The van der Waals surface area contributed by atoms with Crippen molar-refractivity contribution in [3.63, 3.8) is 0 Å². The van der Waals surface area contributed by atoms with Crippen molar-refractivity contribution in [1.29, 1.82) is 0 Å². The van der Waals surface area contributed by atoms with Crippen LogP contribution in [0.5, 0.6) is 0 Å². The SMILES string of the molecule is Cc1nc2scc(C)n2c1CNC1CNC(=O)C1. The van der Waals surface area contributed by atoms with E-state index in [9.17, 15) is 4.79 Å². The molecule has 1 amide bonds. The van der Waals surface area contributed by atoms with Crippen LogP contribution in [-0.4, -0.2) is 27.9 Å². The van der Waals surface area contributed by atoms with Crippen LogP contribution in [-0.2, 0) is 11.3 Å². The third kappa shape index (κ3) is 1.91. The molecule has 5 nitrogen and oxygen atoms in total. The Morgan fingerprint density at radius 3 is 3.17 bits per heavy atom. The van der Waals surface area contributed by atoms with Gasteiger partial charge in [-0.25, -0.2) is 4.98 Å². The molecule has 3 rings (SSSR count). The number of nitrogens with one attached hydrogen (secondary N) is 2. The highest BCUT2D eigenvalue weighted by Gasteiger charge is 2.21. The summed E-state index contributed by atoms with van der Waals surface area (Å²) in [5.41, 5.74) is 3.48. The molecule has 2 aromatic rings. The topological polar surface area (TPSA) is 58.4 Å². The molecule has 6 heteroatoms. The maximum absolute atomic E-state index is 11.1. The average molecular weight is 264 g/mol. The summed E-state index contributed by atoms with van der Waals surface area (Å²) in [5.74, 6) is 0.134. The number of hydrogen-bond acceptors (Lipinski definition) is 4. The Balaban J connectivity index is 1.79. The Kier molecular flexibility index (Phi) is 2.83. The Hall–Kier alpha value is -1.40. The summed E-state index contributed by atoms with van der Waals surface area (Å²) in [5, 5.41) is 8.38. The number of carbonyl (C=O) groups excluding carboxylic acids is 1. The van der Waals surface area contributed by atoms with Gasteiger partial charge in [0, 0.05) is 36.6 Å². The lowest BCUT2D eigenvalue weighted by molar-refractivity contribution is -0.119. The predicted octanol–water partition coefficient (Wildman–Crippen LogP) is 0.991.